The Bertz CT molecular complexity index is 2140. The second-order valence-corrected chi connectivity index (χ2v) is 25.7. The van der Waals surface area contributed by atoms with Gasteiger partial charge in [-0.25, -0.2) is 0 Å². The molecule has 3 heterocycles. The fourth-order valence-electron chi connectivity index (χ4n) is 5.63. The van der Waals surface area contributed by atoms with Crippen molar-refractivity contribution < 1.29 is 20.1 Å². The van der Waals surface area contributed by atoms with Gasteiger partial charge in [0.1, 0.15) is 0 Å². The fraction of sp³-hybridized carbons (Fsp3) is 0.220. The van der Waals surface area contributed by atoms with Crippen LogP contribution in [0.25, 0.3) is 53.5 Å². The second kappa shape index (κ2) is 14.1. The number of hydrogen-bond donors (Lipinski definition) is 0. The molecule has 0 bridgehead atoms. The number of fused-ring (bicyclic) bond motifs is 4. The van der Waals surface area contributed by atoms with Gasteiger partial charge >= 0.3 is 0 Å². The molecule has 0 aliphatic heterocycles. The SMILES string of the molecule is CC(C)c1ccnc(-c2[c-]ccc3c2sc2cc4cc([Si](C)(C)C)ccc4cc23)c1.C[Si](C)(C)c1ccc(-c2[c-]cccc2)nc1.[Ir]. The summed E-state index contributed by atoms with van der Waals surface area (Å²) in [6.07, 6.45) is 3.94. The number of hydrogen-bond acceptors (Lipinski definition) is 3. The first kappa shape index (κ1) is 35.1. The molecular weight excluding hydrogens is 801 g/mol. The van der Waals surface area contributed by atoms with Gasteiger partial charge in [0.25, 0.3) is 0 Å². The molecule has 0 atom stereocenters. The van der Waals surface area contributed by atoms with E-state index in [2.05, 4.69) is 136 Å². The molecule has 47 heavy (non-hydrogen) atoms. The van der Waals surface area contributed by atoms with E-state index in [0.717, 1.165) is 22.5 Å². The molecule has 0 spiro atoms. The van der Waals surface area contributed by atoms with Gasteiger partial charge in [-0.15, -0.1) is 59.7 Å². The van der Waals surface area contributed by atoms with Gasteiger partial charge in [0.05, 0.1) is 16.1 Å². The van der Waals surface area contributed by atoms with Gasteiger partial charge in [-0.2, -0.15) is 11.3 Å². The maximum absolute atomic E-state index is 4.69. The molecule has 0 amide bonds. The van der Waals surface area contributed by atoms with Crippen LogP contribution in [0.15, 0.2) is 103 Å². The van der Waals surface area contributed by atoms with Crippen LogP contribution in [0.2, 0.25) is 39.3 Å². The zero-order valence-corrected chi connectivity index (χ0v) is 33.7. The number of rotatable bonds is 5. The molecule has 0 aliphatic carbocycles. The molecule has 0 saturated heterocycles. The molecule has 0 unspecified atom stereocenters. The molecule has 1 radical (unpaired) electrons. The molecule has 0 saturated carbocycles. The Balaban J connectivity index is 0.000000217. The van der Waals surface area contributed by atoms with Crippen molar-refractivity contribution in [1.29, 1.82) is 0 Å². The van der Waals surface area contributed by atoms with Crippen molar-refractivity contribution >= 4 is 68.8 Å². The van der Waals surface area contributed by atoms with Crippen molar-refractivity contribution in [3.05, 3.63) is 121 Å². The molecule has 7 aromatic rings. The van der Waals surface area contributed by atoms with Crippen LogP contribution in [-0.2, 0) is 20.1 Å². The maximum atomic E-state index is 4.69. The van der Waals surface area contributed by atoms with E-state index in [4.69, 9.17) is 0 Å². The summed E-state index contributed by atoms with van der Waals surface area (Å²) >= 11 is 1.87. The normalized spacial score (nSPS) is 11.9. The van der Waals surface area contributed by atoms with Crippen LogP contribution < -0.4 is 10.4 Å². The van der Waals surface area contributed by atoms with Gasteiger partial charge in [0.2, 0.25) is 0 Å². The summed E-state index contributed by atoms with van der Waals surface area (Å²) in [6.45, 7) is 18.7. The van der Waals surface area contributed by atoms with E-state index >= 15 is 0 Å². The van der Waals surface area contributed by atoms with Crippen LogP contribution >= 0.6 is 11.3 Å². The Hall–Kier alpha value is -3.26. The summed E-state index contributed by atoms with van der Waals surface area (Å²) in [5.41, 5.74) is 5.51. The van der Waals surface area contributed by atoms with Gasteiger partial charge in [-0.3, -0.25) is 0 Å². The minimum Gasteiger partial charge on any atom is -0.305 e. The van der Waals surface area contributed by atoms with E-state index in [1.807, 2.05) is 54.1 Å². The molecular formula is C41H42IrN2SSi2-2. The molecule has 4 aromatic carbocycles. The standard InChI is InChI=1S/C27H26NSSi.C14H16NSi.Ir/c1-17(2)18-11-12-28-25(15-18)23-8-6-7-22-24-14-19-9-10-21(30(3,4)5)13-20(19)16-26(24)29-27(22)23;1-16(2,3)13-9-10-14(15-11-13)12-7-5-4-6-8-12;/h6-7,9-17H,1-5H3;4-7,9-11H,1-3H3;/q2*-1;. The number of pyridine rings is 2. The van der Waals surface area contributed by atoms with E-state index in [9.17, 15) is 0 Å². The average molecular weight is 843 g/mol. The van der Waals surface area contributed by atoms with Crippen molar-refractivity contribution in [2.75, 3.05) is 0 Å². The topological polar surface area (TPSA) is 25.8 Å². The van der Waals surface area contributed by atoms with Crippen LogP contribution in [0.1, 0.15) is 25.3 Å². The molecule has 7 rings (SSSR count). The Kier molecular flexibility index (Phi) is 10.5. The Labute approximate surface area is 299 Å². The molecule has 0 aliphatic rings. The van der Waals surface area contributed by atoms with Gasteiger partial charge in [0, 0.05) is 37.2 Å². The minimum absolute atomic E-state index is 0. The van der Waals surface area contributed by atoms with E-state index in [1.54, 1.807) is 0 Å². The second-order valence-electron chi connectivity index (χ2n) is 14.4. The van der Waals surface area contributed by atoms with E-state index < -0.39 is 16.1 Å². The third-order valence-corrected chi connectivity index (χ3v) is 13.8. The maximum Gasteiger partial charge on any atom is 0.0795 e. The first-order valence-corrected chi connectivity index (χ1v) is 23.9. The van der Waals surface area contributed by atoms with Crippen LogP contribution in [0, 0.1) is 12.1 Å². The minimum atomic E-state index is -1.33. The average Bonchev–Trinajstić information content (AvgIpc) is 3.41. The summed E-state index contributed by atoms with van der Waals surface area (Å²) in [6, 6.07) is 39.3. The fourth-order valence-corrected chi connectivity index (χ4v) is 9.08. The van der Waals surface area contributed by atoms with Gasteiger partial charge in [0.15, 0.2) is 0 Å². The quantitative estimate of drug-likeness (QED) is 0.127. The van der Waals surface area contributed by atoms with Crippen molar-refractivity contribution in [3.8, 4) is 22.5 Å². The summed E-state index contributed by atoms with van der Waals surface area (Å²) in [5.74, 6) is 0.485. The molecule has 0 N–H and O–H groups in total. The molecule has 6 heteroatoms. The molecule has 3 aromatic heterocycles. The first-order chi connectivity index (χ1) is 21.9. The third kappa shape index (κ3) is 7.74. The first-order valence-electron chi connectivity index (χ1n) is 16.1. The summed E-state index contributed by atoms with van der Waals surface area (Å²) in [7, 11) is -2.56. The van der Waals surface area contributed by atoms with Crippen LogP contribution in [0.4, 0.5) is 0 Å². The van der Waals surface area contributed by atoms with E-state index in [-0.39, 0.29) is 20.1 Å². The van der Waals surface area contributed by atoms with E-state index in [0.29, 0.717) is 5.92 Å². The van der Waals surface area contributed by atoms with Crippen molar-refractivity contribution in [2.45, 2.75) is 59.0 Å². The summed E-state index contributed by atoms with van der Waals surface area (Å²) in [4.78, 5) is 9.20. The van der Waals surface area contributed by atoms with Gasteiger partial charge in [-0.05, 0) is 61.6 Å². The smallest absolute Gasteiger partial charge is 0.0795 e. The van der Waals surface area contributed by atoms with E-state index in [1.165, 1.54) is 46.9 Å². The zero-order valence-electron chi connectivity index (χ0n) is 28.5. The van der Waals surface area contributed by atoms with Crippen molar-refractivity contribution in [2.24, 2.45) is 0 Å². The summed E-state index contributed by atoms with van der Waals surface area (Å²) in [5, 5.41) is 8.21. The molecule has 2 nitrogen and oxygen atoms in total. The van der Waals surface area contributed by atoms with Crippen LogP contribution in [0.3, 0.4) is 0 Å². The van der Waals surface area contributed by atoms with Gasteiger partial charge in [-0.1, -0.05) is 106 Å². The number of aromatic nitrogens is 2. The molecule has 0 fully saturated rings. The van der Waals surface area contributed by atoms with Crippen molar-refractivity contribution in [3.63, 3.8) is 0 Å². The predicted octanol–water partition coefficient (Wildman–Crippen LogP) is 10.8. The van der Waals surface area contributed by atoms with Crippen LogP contribution in [0.5, 0.6) is 0 Å². The largest absolute Gasteiger partial charge is 0.305 e. The third-order valence-electron chi connectivity index (χ3n) is 8.58. The number of nitrogens with zero attached hydrogens (tertiary/aromatic N) is 2. The number of benzene rings is 4. The Morgan fingerprint density at radius 3 is 2.09 bits per heavy atom. The summed E-state index contributed by atoms with van der Waals surface area (Å²) < 4.78 is 2.62. The Morgan fingerprint density at radius 2 is 1.43 bits per heavy atom. The number of thiophene rings is 1. The monoisotopic (exact) mass is 843 g/mol. The molecule has 241 valence electrons. The zero-order chi connectivity index (χ0) is 32.6. The predicted molar refractivity (Wildman–Crippen MR) is 207 cm³/mol. The Morgan fingerprint density at radius 1 is 0.660 bits per heavy atom. The van der Waals surface area contributed by atoms with Crippen molar-refractivity contribution in [1.82, 2.24) is 9.97 Å². The van der Waals surface area contributed by atoms with Gasteiger partial charge < -0.3 is 9.97 Å². The van der Waals surface area contributed by atoms with Crippen LogP contribution in [-0.4, -0.2) is 26.1 Å².